The number of para-hydroxylation sites is 2. The van der Waals surface area contributed by atoms with Crippen LogP contribution in [0.2, 0.25) is 0 Å². The number of benzene rings is 1. The Bertz CT molecular complexity index is 426. The molecule has 1 aliphatic heterocycles. The Hall–Kier alpha value is -0.970. The topological polar surface area (TPSA) is 49.6 Å². The zero-order valence-electron chi connectivity index (χ0n) is 11.2. The quantitative estimate of drug-likeness (QED) is 0.864. The minimum Gasteiger partial charge on any atom is -0.373 e. The van der Waals surface area contributed by atoms with Crippen molar-refractivity contribution >= 4 is 42.1 Å². The number of anilines is 2. The van der Waals surface area contributed by atoms with E-state index in [-0.39, 0.29) is 30.7 Å². The first-order chi connectivity index (χ1) is 8.11. The molecular formula is C13H21Cl2N3O. The third kappa shape index (κ3) is 3.75. The summed E-state index contributed by atoms with van der Waals surface area (Å²) in [7, 11) is 2.05. The Labute approximate surface area is 126 Å². The molecule has 108 valence electrons. The van der Waals surface area contributed by atoms with Gasteiger partial charge >= 0.3 is 0 Å². The van der Waals surface area contributed by atoms with Gasteiger partial charge in [-0.15, -0.1) is 24.8 Å². The van der Waals surface area contributed by atoms with E-state index in [1.807, 2.05) is 29.2 Å². The number of rotatable bonds is 1. The van der Waals surface area contributed by atoms with Gasteiger partial charge in [-0.2, -0.15) is 0 Å². The highest BCUT2D eigenvalue weighted by molar-refractivity contribution is 5.99. The van der Waals surface area contributed by atoms with Crippen molar-refractivity contribution in [2.24, 2.45) is 5.73 Å². The predicted molar refractivity (Wildman–Crippen MR) is 84.8 cm³/mol. The summed E-state index contributed by atoms with van der Waals surface area (Å²) in [5.41, 5.74) is 7.77. The molecule has 6 heteroatoms. The minimum atomic E-state index is -0.452. The van der Waals surface area contributed by atoms with Crippen LogP contribution in [0.3, 0.4) is 0 Å². The van der Waals surface area contributed by atoms with Crippen molar-refractivity contribution in [3.05, 3.63) is 24.3 Å². The molecule has 1 aromatic carbocycles. The summed E-state index contributed by atoms with van der Waals surface area (Å²) in [4.78, 5) is 16.1. The van der Waals surface area contributed by atoms with Crippen LogP contribution < -0.4 is 15.5 Å². The summed E-state index contributed by atoms with van der Waals surface area (Å²) in [6.45, 7) is 3.43. The van der Waals surface area contributed by atoms with E-state index in [2.05, 4.69) is 11.9 Å². The van der Waals surface area contributed by atoms with Crippen molar-refractivity contribution in [1.82, 2.24) is 0 Å². The maximum absolute atomic E-state index is 12.1. The first-order valence-corrected chi connectivity index (χ1v) is 5.98. The van der Waals surface area contributed by atoms with Crippen LogP contribution in [-0.4, -0.2) is 32.1 Å². The van der Waals surface area contributed by atoms with Crippen molar-refractivity contribution < 1.29 is 4.79 Å². The van der Waals surface area contributed by atoms with E-state index in [1.165, 1.54) is 0 Å². The van der Waals surface area contributed by atoms with E-state index in [9.17, 15) is 4.79 Å². The molecule has 19 heavy (non-hydrogen) atoms. The van der Waals surface area contributed by atoms with Crippen LogP contribution in [0.1, 0.15) is 13.3 Å². The summed E-state index contributed by atoms with van der Waals surface area (Å²) in [6, 6.07) is 7.53. The van der Waals surface area contributed by atoms with Gasteiger partial charge in [0.25, 0.3) is 0 Å². The fraction of sp³-hybridized carbons (Fsp3) is 0.462. The molecule has 0 aromatic heterocycles. The van der Waals surface area contributed by atoms with Gasteiger partial charge in [-0.3, -0.25) is 4.79 Å². The number of halogens is 2. The fourth-order valence-electron chi connectivity index (χ4n) is 2.20. The third-order valence-corrected chi connectivity index (χ3v) is 3.11. The Balaban J connectivity index is 0.00000162. The van der Waals surface area contributed by atoms with Crippen LogP contribution >= 0.6 is 24.8 Å². The largest absolute Gasteiger partial charge is 0.373 e. The Morgan fingerprint density at radius 3 is 2.37 bits per heavy atom. The van der Waals surface area contributed by atoms with Gasteiger partial charge < -0.3 is 15.5 Å². The number of hydrogen-bond donors (Lipinski definition) is 1. The van der Waals surface area contributed by atoms with Gasteiger partial charge in [0.05, 0.1) is 17.4 Å². The Morgan fingerprint density at radius 2 is 1.79 bits per heavy atom. The molecule has 0 fully saturated rings. The number of hydrogen-bond acceptors (Lipinski definition) is 3. The molecule has 0 spiro atoms. The van der Waals surface area contributed by atoms with E-state index in [0.717, 1.165) is 30.9 Å². The first kappa shape index (κ1) is 18.0. The summed E-state index contributed by atoms with van der Waals surface area (Å²) in [5, 5.41) is 0. The highest BCUT2D eigenvalue weighted by Crippen LogP contribution is 2.31. The Kier molecular flexibility index (Phi) is 7.19. The van der Waals surface area contributed by atoms with Crippen LogP contribution in [0, 0.1) is 0 Å². The molecule has 0 saturated heterocycles. The molecule has 1 unspecified atom stereocenters. The molecule has 2 N–H and O–H groups in total. The van der Waals surface area contributed by atoms with Crippen molar-refractivity contribution in [2.45, 2.75) is 19.4 Å². The van der Waals surface area contributed by atoms with Gasteiger partial charge in [0.15, 0.2) is 0 Å². The fourth-order valence-corrected chi connectivity index (χ4v) is 2.20. The molecule has 2 rings (SSSR count). The lowest BCUT2D eigenvalue weighted by molar-refractivity contribution is -0.119. The molecule has 0 aliphatic carbocycles. The first-order valence-electron chi connectivity index (χ1n) is 5.98. The average Bonchev–Trinajstić information content (AvgIpc) is 2.49. The van der Waals surface area contributed by atoms with Gasteiger partial charge in [0, 0.05) is 20.1 Å². The standard InChI is InChI=1S/C13H19N3O.2ClH/c1-10(14)13(17)16-9-5-8-15(2)11-6-3-4-7-12(11)16;;/h3-4,6-7,10H,5,8-9,14H2,1-2H3;2*1H. The minimum absolute atomic E-state index is 0. The molecule has 0 radical (unpaired) electrons. The van der Waals surface area contributed by atoms with Crippen molar-refractivity contribution in [3.63, 3.8) is 0 Å². The third-order valence-electron chi connectivity index (χ3n) is 3.11. The Morgan fingerprint density at radius 1 is 1.21 bits per heavy atom. The highest BCUT2D eigenvalue weighted by atomic mass is 35.5. The zero-order chi connectivity index (χ0) is 12.4. The van der Waals surface area contributed by atoms with Crippen molar-refractivity contribution in [3.8, 4) is 0 Å². The number of carbonyl (C=O) groups is 1. The SMILES string of the molecule is CC(N)C(=O)N1CCCN(C)c2ccccc21.Cl.Cl. The van der Waals surface area contributed by atoms with E-state index in [0.29, 0.717) is 0 Å². The van der Waals surface area contributed by atoms with Crippen LogP contribution in [0.15, 0.2) is 24.3 Å². The molecule has 0 saturated carbocycles. The molecule has 1 aromatic rings. The van der Waals surface area contributed by atoms with Gasteiger partial charge in [0.1, 0.15) is 0 Å². The number of nitrogens with zero attached hydrogens (tertiary/aromatic N) is 2. The smallest absolute Gasteiger partial charge is 0.243 e. The lowest BCUT2D eigenvalue weighted by Crippen LogP contribution is -2.42. The van der Waals surface area contributed by atoms with E-state index in [4.69, 9.17) is 5.73 Å². The van der Waals surface area contributed by atoms with Gasteiger partial charge in [-0.05, 0) is 25.5 Å². The summed E-state index contributed by atoms with van der Waals surface area (Å²) in [6.07, 6.45) is 0.962. The maximum Gasteiger partial charge on any atom is 0.243 e. The highest BCUT2D eigenvalue weighted by Gasteiger charge is 2.24. The van der Waals surface area contributed by atoms with E-state index in [1.54, 1.807) is 6.92 Å². The predicted octanol–water partition coefficient (Wildman–Crippen LogP) is 2.05. The molecule has 0 bridgehead atoms. The summed E-state index contributed by atoms with van der Waals surface area (Å²) < 4.78 is 0. The molecule has 1 aliphatic rings. The van der Waals surface area contributed by atoms with Crippen molar-refractivity contribution in [1.29, 1.82) is 0 Å². The molecule has 4 nitrogen and oxygen atoms in total. The van der Waals surface area contributed by atoms with Crippen LogP contribution in [0.4, 0.5) is 11.4 Å². The summed E-state index contributed by atoms with van der Waals surface area (Å²) >= 11 is 0. The lowest BCUT2D eigenvalue weighted by Gasteiger charge is -2.25. The second-order valence-corrected chi connectivity index (χ2v) is 4.54. The van der Waals surface area contributed by atoms with Crippen LogP contribution in [-0.2, 0) is 4.79 Å². The van der Waals surface area contributed by atoms with Gasteiger partial charge in [0.2, 0.25) is 5.91 Å². The number of fused-ring (bicyclic) bond motifs is 1. The van der Waals surface area contributed by atoms with Crippen LogP contribution in [0.25, 0.3) is 0 Å². The number of nitrogens with two attached hydrogens (primary N) is 1. The number of carbonyl (C=O) groups excluding carboxylic acids is 1. The van der Waals surface area contributed by atoms with E-state index < -0.39 is 6.04 Å². The molecule has 1 amide bonds. The monoisotopic (exact) mass is 305 g/mol. The normalized spacial score (nSPS) is 15.5. The zero-order valence-corrected chi connectivity index (χ0v) is 12.8. The second-order valence-electron chi connectivity index (χ2n) is 4.54. The second kappa shape index (κ2) is 7.58. The summed E-state index contributed by atoms with van der Waals surface area (Å²) in [5.74, 6) is -0.00671. The molecule has 1 atom stereocenters. The van der Waals surface area contributed by atoms with Gasteiger partial charge in [-0.1, -0.05) is 12.1 Å². The van der Waals surface area contributed by atoms with Gasteiger partial charge in [-0.25, -0.2) is 0 Å². The molecule has 1 heterocycles. The maximum atomic E-state index is 12.1. The molecular weight excluding hydrogens is 285 g/mol. The average molecular weight is 306 g/mol. The lowest BCUT2D eigenvalue weighted by atomic mass is 10.2. The van der Waals surface area contributed by atoms with Crippen LogP contribution in [0.5, 0.6) is 0 Å². The van der Waals surface area contributed by atoms with E-state index >= 15 is 0 Å². The number of amides is 1. The van der Waals surface area contributed by atoms with Crippen molar-refractivity contribution in [2.75, 3.05) is 29.9 Å².